The highest BCUT2D eigenvalue weighted by Gasteiger charge is 2.24. The fraction of sp³-hybridized carbons (Fsp3) is 1.00. The Balaban J connectivity index is 3.84. The van der Waals surface area contributed by atoms with E-state index in [9.17, 15) is 0 Å². The third kappa shape index (κ3) is 9.70. The Hall–Kier alpha value is 0.788. The Kier molecular flexibility index (Phi) is 6.85. The molecule has 0 aromatic carbocycles. The van der Waals surface area contributed by atoms with Crippen LogP contribution in [0.5, 0.6) is 0 Å². The summed E-state index contributed by atoms with van der Waals surface area (Å²) in [4.78, 5) is 0. The van der Waals surface area contributed by atoms with Crippen LogP contribution >= 0.6 is 0 Å². The Bertz CT molecular complexity index is 179. The minimum absolute atomic E-state index is 0.224. The molecule has 1 unspecified atom stereocenters. The zero-order chi connectivity index (χ0) is 12.1. The van der Waals surface area contributed by atoms with Crippen LogP contribution in [0.4, 0.5) is 0 Å². The molecule has 0 heterocycles. The van der Waals surface area contributed by atoms with Crippen molar-refractivity contribution in [3.63, 3.8) is 0 Å². The quantitative estimate of drug-likeness (QED) is 0.667. The molecular weight excluding hydrogens is 252 g/mol. The van der Waals surface area contributed by atoms with Crippen LogP contribution in [0.2, 0.25) is 57.9 Å². The van der Waals surface area contributed by atoms with E-state index in [0.717, 1.165) is 0 Å². The van der Waals surface area contributed by atoms with Crippen LogP contribution in [0.15, 0.2) is 0 Å². The largest absolute Gasteiger partial charge is 0.461 e. The fourth-order valence-electron chi connectivity index (χ4n) is 1.68. The highest BCUT2D eigenvalue weighted by molar-refractivity contribution is 6.79. The summed E-state index contributed by atoms with van der Waals surface area (Å²) in [6, 6.07) is 2.60. The molecule has 0 bridgehead atoms. The Morgan fingerprint density at radius 2 is 1.67 bits per heavy atom. The lowest BCUT2D eigenvalue weighted by Crippen LogP contribution is -2.36. The van der Waals surface area contributed by atoms with Gasteiger partial charge >= 0.3 is 0 Å². The van der Waals surface area contributed by atoms with Crippen LogP contribution in [0, 0.1) is 0 Å². The molecule has 0 radical (unpaired) electrons. The predicted molar refractivity (Wildman–Crippen MR) is 80.0 cm³/mol. The SMILES string of the molecule is C[SiH2]O[Si](C)(C)CC[SiH](C)O[Si](C)(C)C. The van der Waals surface area contributed by atoms with Crippen LogP contribution in [-0.2, 0) is 8.23 Å². The fourth-order valence-corrected chi connectivity index (χ4v) is 15.1. The van der Waals surface area contributed by atoms with E-state index in [2.05, 4.69) is 45.8 Å². The van der Waals surface area contributed by atoms with Crippen molar-refractivity contribution in [3.05, 3.63) is 0 Å². The van der Waals surface area contributed by atoms with Gasteiger partial charge in [0.2, 0.25) is 0 Å². The minimum Gasteiger partial charge on any atom is -0.461 e. The summed E-state index contributed by atoms with van der Waals surface area (Å²) in [5.41, 5.74) is 0. The van der Waals surface area contributed by atoms with Gasteiger partial charge in [-0.05, 0) is 51.4 Å². The van der Waals surface area contributed by atoms with Gasteiger partial charge in [-0.2, -0.15) is 0 Å². The van der Waals surface area contributed by atoms with Gasteiger partial charge in [0.15, 0.2) is 25.7 Å². The summed E-state index contributed by atoms with van der Waals surface area (Å²) < 4.78 is 12.1. The van der Waals surface area contributed by atoms with Gasteiger partial charge in [-0.15, -0.1) is 0 Å². The van der Waals surface area contributed by atoms with Gasteiger partial charge in [0, 0.05) is 0 Å². The van der Waals surface area contributed by atoms with E-state index in [1.807, 2.05) is 0 Å². The summed E-state index contributed by atoms with van der Waals surface area (Å²) >= 11 is 0. The molecule has 0 saturated heterocycles. The van der Waals surface area contributed by atoms with Gasteiger partial charge in [0.1, 0.15) is 9.76 Å². The van der Waals surface area contributed by atoms with Crippen LogP contribution < -0.4 is 0 Å². The van der Waals surface area contributed by atoms with E-state index >= 15 is 0 Å². The molecule has 0 amide bonds. The molecule has 0 aliphatic rings. The smallest absolute Gasteiger partial charge is 0.172 e. The zero-order valence-corrected chi connectivity index (χ0v) is 16.1. The highest BCUT2D eigenvalue weighted by atomic mass is 28.4. The maximum atomic E-state index is 6.17. The molecule has 0 aromatic heterocycles. The van der Waals surface area contributed by atoms with E-state index in [-0.39, 0.29) is 9.76 Å². The van der Waals surface area contributed by atoms with Crippen molar-refractivity contribution in [2.45, 2.75) is 57.9 Å². The third-order valence-corrected chi connectivity index (χ3v) is 14.1. The first-order chi connectivity index (χ1) is 6.66. The average Bonchev–Trinajstić information content (AvgIpc) is 1.98. The van der Waals surface area contributed by atoms with Gasteiger partial charge in [-0.1, -0.05) is 6.55 Å². The standard InChI is InChI=1S/C9H28O2Si4/c1-12-10-15(6,7)9-8-13(2)11-14(3,4)5/h13H,8-9,12H2,1-7H3. The number of rotatable bonds is 7. The highest BCUT2D eigenvalue weighted by Crippen LogP contribution is 2.17. The zero-order valence-electron chi connectivity index (χ0n) is 11.5. The lowest BCUT2D eigenvalue weighted by Gasteiger charge is -2.27. The molecule has 0 fully saturated rings. The Morgan fingerprint density at radius 3 is 2.07 bits per heavy atom. The van der Waals surface area contributed by atoms with Gasteiger partial charge in [-0.3, -0.25) is 0 Å². The van der Waals surface area contributed by atoms with Crippen LogP contribution in [0.3, 0.4) is 0 Å². The van der Waals surface area contributed by atoms with Crippen LogP contribution in [0.1, 0.15) is 0 Å². The second-order valence-electron chi connectivity index (χ2n) is 5.77. The van der Waals surface area contributed by atoms with Crippen molar-refractivity contribution >= 4 is 35.4 Å². The predicted octanol–water partition coefficient (Wildman–Crippen LogP) is 2.55. The van der Waals surface area contributed by atoms with Crippen molar-refractivity contribution in [1.29, 1.82) is 0 Å². The van der Waals surface area contributed by atoms with Crippen molar-refractivity contribution in [1.82, 2.24) is 0 Å². The Morgan fingerprint density at radius 1 is 1.13 bits per heavy atom. The summed E-state index contributed by atoms with van der Waals surface area (Å²) in [7, 11) is -3.74. The van der Waals surface area contributed by atoms with E-state index in [1.54, 1.807) is 0 Å². The first-order valence-corrected chi connectivity index (χ1v) is 16.9. The Labute approximate surface area is 102 Å². The summed E-state index contributed by atoms with van der Waals surface area (Å²) in [6.07, 6.45) is 0. The number of hydrogen-bond donors (Lipinski definition) is 0. The molecule has 15 heavy (non-hydrogen) atoms. The molecule has 1 atom stereocenters. The minimum atomic E-state index is -1.31. The molecule has 0 saturated carbocycles. The monoisotopic (exact) mass is 280 g/mol. The normalized spacial score (nSPS) is 16.2. The van der Waals surface area contributed by atoms with E-state index in [1.165, 1.54) is 12.1 Å². The summed E-state index contributed by atoms with van der Waals surface area (Å²) in [5, 5.41) is 0. The maximum Gasteiger partial charge on any atom is 0.172 e. The van der Waals surface area contributed by atoms with Crippen LogP contribution in [-0.4, -0.2) is 35.4 Å². The average molecular weight is 281 g/mol. The molecule has 0 aliphatic carbocycles. The molecule has 0 aromatic rings. The summed E-state index contributed by atoms with van der Waals surface area (Å²) in [6.45, 7) is 16.1. The first kappa shape index (κ1) is 15.8. The lowest BCUT2D eigenvalue weighted by molar-refractivity contribution is 0.565. The number of hydrogen-bond acceptors (Lipinski definition) is 2. The van der Waals surface area contributed by atoms with Gasteiger partial charge in [0.25, 0.3) is 0 Å². The van der Waals surface area contributed by atoms with E-state index < -0.39 is 25.7 Å². The summed E-state index contributed by atoms with van der Waals surface area (Å²) in [5.74, 6) is 0. The van der Waals surface area contributed by atoms with Crippen molar-refractivity contribution < 1.29 is 8.23 Å². The van der Waals surface area contributed by atoms with Crippen LogP contribution in [0.25, 0.3) is 0 Å². The second kappa shape index (κ2) is 6.51. The van der Waals surface area contributed by atoms with E-state index in [4.69, 9.17) is 8.23 Å². The topological polar surface area (TPSA) is 18.5 Å². The van der Waals surface area contributed by atoms with Crippen molar-refractivity contribution in [3.8, 4) is 0 Å². The lowest BCUT2D eigenvalue weighted by atomic mass is 10.9. The molecule has 0 aliphatic heterocycles. The third-order valence-electron chi connectivity index (χ3n) is 2.24. The van der Waals surface area contributed by atoms with Gasteiger partial charge < -0.3 is 8.23 Å². The molecule has 0 N–H and O–H groups in total. The molecule has 0 spiro atoms. The molecule has 6 heteroatoms. The van der Waals surface area contributed by atoms with E-state index in [0.29, 0.717) is 0 Å². The van der Waals surface area contributed by atoms with Crippen molar-refractivity contribution in [2.24, 2.45) is 0 Å². The van der Waals surface area contributed by atoms with Crippen molar-refractivity contribution in [2.75, 3.05) is 0 Å². The molecule has 0 rings (SSSR count). The second-order valence-corrected chi connectivity index (χ2v) is 18.9. The van der Waals surface area contributed by atoms with Gasteiger partial charge in [-0.25, -0.2) is 0 Å². The molecular formula is C9H28O2Si4. The first-order valence-electron chi connectivity index (χ1n) is 5.98. The molecule has 2 nitrogen and oxygen atoms in total. The molecule has 92 valence electrons. The van der Waals surface area contributed by atoms with Gasteiger partial charge in [0.05, 0.1) is 0 Å². The maximum absolute atomic E-state index is 6.17.